The lowest BCUT2D eigenvalue weighted by Crippen LogP contribution is -2.42. The van der Waals surface area contributed by atoms with Crippen LogP contribution in [0.1, 0.15) is 24.2 Å². The number of nitrogens with zero attached hydrogens (tertiary/aromatic N) is 1. The number of benzene rings is 2. The van der Waals surface area contributed by atoms with E-state index in [0.717, 1.165) is 11.1 Å². The minimum atomic E-state index is -0.913. The molecule has 1 amide bonds. The highest BCUT2D eigenvalue weighted by Gasteiger charge is 2.21. The second-order valence-corrected chi connectivity index (χ2v) is 5.47. The molecular formula is C18H18N2O2. The zero-order valence-corrected chi connectivity index (χ0v) is 12.9. The molecule has 0 fully saturated rings. The van der Waals surface area contributed by atoms with E-state index in [1.807, 2.05) is 30.3 Å². The van der Waals surface area contributed by atoms with Gasteiger partial charge in [0.1, 0.15) is 11.3 Å². The van der Waals surface area contributed by atoms with Gasteiger partial charge in [-0.05, 0) is 37.6 Å². The smallest absolute Gasteiger partial charge is 0.252 e. The van der Waals surface area contributed by atoms with Gasteiger partial charge in [-0.1, -0.05) is 30.3 Å². The average Bonchev–Trinajstić information content (AvgIpc) is 2.54. The third-order valence-electron chi connectivity index (χ3n) is 3.25. The van der Waals surface area contributed by atoms with E-state index in [4.69, 9.17) is 10.00 Å². The molecule has 0 bridgehead atoms. The molecule has 4 heteroatoms. The van der Waals surface area contributed by atoms with Crippen molar-refractivity contribution in [1.82, 2.24) is 5.32 Å². The zero-order chi connectivity index (χ0) is 16.2. The lowest BCUT2D eigenvalue weighted by Gasteiger charge is -2.18. The maximum Gasteiger partial charge on any atom is 0.252 e. The van der Waals surface area contributed by atoms with E-state index in [2.05, 4.69) is 11.4 Å². The van der Waals surface area contributed by atoms with E-state index >= 15 is 0 Å². The predicted molar refractivity (Wildman–Crippen MR) is 85.6 cm³/mol. The molecule has 4 nitrogen and oxygen atoms in total. The van der Waals surface area contributed by atoms with Gasteiger partial charge in [0, 0.05) is 11.1 Å². The van der Waals surface area contributed by atoms with E-state index in [-0.39, 0.29) is 5.91 Å². The van der Waals surface area contributed by atoms with Crippen molar-refractivity contribution in [3.8, 4) is 22.9 Å². The molecule has 0 aliphatic heterocycles. The van der Waals surface area contributed by atoms with Gasteiger partial charge in [-0.15, -0.1) is 0 Å². The molecule has 2 rings (SSSR count). The van der Waals surface area contributed by atoms with Crippen molar-refractivity contribution in [2.45, 2.75) is 19.4 Å². The molecule has 0 atom stereocenters. The summed E-state index contributed by atoms with van der Waals surface area (Å²) < 4.78 is 5.37. The molecule has 2 aromatic rings. The molecule has 2 aromatic carbocycles. The quantitative estimate of drug-likeness (QED) is 0.940. The van der Waals surface area contributed by atoms with Crippen LogP contribution in [-0.4, -0.2) is 18.6 Å². The van der Waals surface area contributed by atoms with Crippen LogP contribution in [-0.2, 0) is 0 Å². The molecule has 0 heterocycles. The highest BCUT2D eigenvalue weighted by molar-refractivity contribution is 5.96. The maximum atomic E-state index is 12.3. The first kappa shape index (κ1) is 15.6. The van der Waals surface area contributed by atoms with E-state index in [0.29, 0.717) is 11.3 Å². The minimum absolute atomic E-state index is 0.286. The van der Waals surface area contributed by atoms with E-state index in [1.54, 1.807) is 39.2 Å². The highest BCUT2D eigenvalue weighted by Crippen LogP contribution is 2.30. The van der Waals surface area contributed by atoms with Gasteiger partial charge in [0.2, 0.25) is 0 Å². The third-order valence-corrected chi connectivity index (χ3v) is 3.25. The number of carbonyl (C=O) groups excluding carboxylic acids is 1. The van der Waals surface area contributed by atoms with Crippen molar-refractivity contribution < 1.29 is 9.53 Å². The topological polar surface area (TPSA) is 62.1 Å². The predicted octanol–water partition coefficient (Wildman–Crippen LogP) is 3.39. The van der Waals surface area contributed by atoms with Crippen LogP contribution in [0.2, 0.25) is 0 Å². The van der Waals surface area contributed by atoms with Crippen LogP contribution in [0.4, 0.5) is 0 Å². The van der Waals surface area contributed by atoms with E-state index < -0.39 is 5.54 Å². The summed E-state index contributed by atoms with van der Waals surface area (Å²) in [6.45, 7) is 3.32. The fraction of sp³-hybridized carbons (Fsp3) is 0.222. The molecule has 0 saturated carbocycles. The first-order valence-corrected chi connectivity index (χ1v) is 6.94. The van der Waals surface area contributed by atoms with Crippen molar-refractivity contribution in [3.63, 3.8) is 0 Å². The van der Waals surface area contributed by atoms with Gasteiger partial charge in [-0.25, -0.2) is 0 Å². The summed E-state index contributed by atoms with van der Waals surface area (Å²) in [6, 6.07) is 17.0. The van der Waals surface area contributed by atoms with Crippen molar-refractivity contribution in [3.05, 3.63) is 54.1 Å². The summed E-state index contributed by atoms with van der Waals surface area (Å²) in [5.41, 5.74) is 1.38. The summed E-state index contributed by atoms with van der Waals surface area (Å²) >= 11 is 0. The van der Waals surface area contributed by atoms with Crippen LogP contribution in [0.25, 0.3) is 11.1 Å². The Bertz CT molecular complexity index is 716. The molecule has 0 aromatic heterocycles. The molecule has 1 N–H and O–H groups in total. The summed E-state index contributed by atoms with van der Waals surface area (Å²) in [7, 11) is 1.60. The second kappa shape index (κ2) is 6.31. The van der Waals surface area contributed by atoms with Crippen LogP contribution >= 0.6 is 0 Å². The number of rotatable bonds is 4. The minimum Gasteiger partial charge on any atom is -0.496 e. The zero-order valence-electron chi connectivity index (χ0n) is 12.9. The Labute approximate surface area is 130 Å². The molecule has 0 radical (unpaired) electrons. The largest absolute Gasteiger partial charge is 0.496 e. The summed E-state index contributed by atoms with van der Waals surface area (Å²) in [6.07, 6.45) is 0. The van der Waals surface area contributed by atoms with Crippen molar-refractivity contribution in [2.24, 2.45) is 0 Å². The molecule has 112 valence electrons. The number of hydrogen-bond donors (Lipinski definition) is 1. The van der Waals surface area contributed by atoms with Gasteiger partial charge >= 0.3 is 0 Å². The number of methoxy groups -OCH3 is 1. The van der Waals surface area contributed by atoms with Gasteiger partial charge in [0.15, 0.2) is 0 Å². The Balaban J connectivity index is 2.40. The molecule has 0 saturated heterocycles. The number of ether oxygens (including phenoxy) is 1. The fourth-order valence-electron chi connectivity index (χ4n) is 2.08. The number of amides is 1. The van der Waals surface area contributed by atoms with Crippen LogP contribution in [0.5, 0.6) is 5.75 Å². The van der Waals surface area contributed by atoms with Gasteiger partial charge in [0.05, 0.1) is 13.2 Å². The van der Waals surface area contributed by atoms with Gasteiger partial charge in [-0.3, -0.25) is 4.79 Å². The van der Waals surface area contributed by atoms with E-state index in [1.165, 1.54) is 0 Å². The summed E-state index contributed by atoms with van der Waals surface area (Å²) in [4.78, 5) is 12.3. The van der Waals surface area contributed by atoms with E-state index in [9.17, 15) is 4.79 Å². The highest BCUT2D eigenvalue weighted by atomic mass is 16.5. The Morgan fingerprint density at radius 2 is 1.86 bits per heavy atom. The number of carbonyl (C=O) groups is 1. The molecule has 22 heavy (non-hydrogen) atoms. The van der Waals surface area contributed by atoms with Crippen molar-refractivity contribution in [1.29, 1.82) is 5.26 Å². The van der Waals surface area contributed by atoms with Crippen molar-refractivity contribution in [2.75, 3.05) is 7.11 Å². The van der Waals surface area contributed by atoms with Crippen LogP contribution < -0.4 is 10.1 Å². The first-order valence-electron chi connectivity index (χ1n) is 6.94. The standard InChI is InChI=1S/C18H18N2O2/c1-18(2,12-19)20-17(21)14-9-10-16(22-3)15(11-14)13-7-5-4-6-8-13/h4-11H,1-3H3,(H,20,21). The molecule has 0 unspecified atom stereocenters. The lowest BCUT2D eigenvalue weighted by atomic mass is 10.0. The Hall–Kier alpha value is -2.80. The molecule has 0 spiro atoms. The van der Waals surface area contributed by atoms with Crippen LogP contribution in [0.3, 0.4) is 0 Å². The lowest BCUT2D eigenvalue weighted by molar-refractivity contribution is 0.0929. The van der Waals surface area contributed by atoms with Crippen LogP contribution in [0.15, 0.2) is 48.5 Å². The monoisotopic (exact) mass is 294 g/mol. The maximum absolute atomic E-state index is 12.3. The van der Waals surface area contributed by atoms with Crippen molar-refractivity contribution >= 4 is 5.91 Å². The SMILES string of the molecule is COc1ccc(C(=O)NC(C)(C)C#N)cc1-c1ccccc1. The second-order valence-electron chi connectivity index (χ2n) is 5.47. The Morgan fingerprint density at radius 1 is 1.18 bits per heavy atom. The van der Waals surface area contributed by atoms with Gasteiger partial charge in [-0.2, -0.15) is 5.26 Å². The fourth-order valence-corrected chi connectivity index (χ4v) is 2.08. The number of nitriles is 1. The van der Waals surface area contributed by atoms with Gasteiger partial charge in [0.25, 0.3) is 5.91 Å². The first-order chi connectivity index (χ1) is 10.5. The molecular weight excluding hydrogens is 276 g/mol. The number of nitrogens with one attached hydrogen (secondary N) is 1. The molecule has 0 aliphatic rings. The van der Waals surface area contributed by atoms with Gasteiger partial charge < -0.3 is 10.1 Å². The Kier molecular flexibility index (Phi) is 4.47. The summed E-state index contributed by atoms with van der Waals surface area (Å²) in [5, 5.41) is 11.7. The van der Waals surface area contributed by atoms with Crippen LogP contribution in [0, 0.1) is 11.3 Å². The summed E-state index contributed by atoms with van der Waals surface area (Å²) in [5.74, 6) is 0.411. The third kappa shape index (κ3) is 3.44. The molecule has 0 aliphatic carbocycles. The number of hydrogen-bond acceptors (Lipinski definition) is 3. The Morgan fingerprint density at radius 3 is 2.45 bits per heavy atom. The normalized spacial score (nSPS) is 10.6. The average molecular weight is 294 g/mol.